The third kappa shape index (κ3) is 3.85. The van der Waals surface area contributed by atoms with E-state index >= 15 is 0 Å². The predicted molar refractivity (Wildman–Crippen MR) is 78.6 cm³/mol. The van der Waals surface area contributed by atoms with Crippen molar-refractivity contribution in [1.82, 2.24) is 15.5 Å². The molecule has 0 atom stereocenters. The minimum Gasteiger partial charge on any atom is -0.478 e. The molecule has 7 heteroatoms. The van der Waals surface area contributed by atoms with Gasteiger partial charge in [-0.1, -0.05) is 25.2 Å². The first-order valence-electron chi connectivity index (χ1n) is 6.41. The van der Waals surface area contributed by atoms with Gasteiger partial charge < -0.3 is 10.4 Å². The molecule has 110 valence electrons. The first-order valence-corrected chi connectivity index (χ1v) is 7.23. The largest absolute Gasteiger partial charge is 0.478 e. The van der Waals surface area contributed by atoms with Crippen LogP contribution < -0.4 is 5.32 Å². The van der Waals surface area contributed by atoms with Gasteiger partial charge in [0.15, 0.2) is 0 Å². The smallest absolute Gasteiger partial charge is 0.335 e. The molecule has 0 saturated carbocycles. The van der Waals surface area contributed by atoms with E-state index in [2.05, 4.69) is 15.5 Å². The van der Waals surface area contributed by atoms with E-state index in [4.69, 9.17) is 5.11 Å². The Balaban J connectivity index is 1.96. The number of hydrogen-bond donors (Lipinski definition) is 2. The Labute approximate surface area is 125 Å². The summed E-state index contributed by atoms with van der Waals surface area (Å²) >= 11 is 1.47. The van der Waals surface area contributed by atoms with E-state index < -0.39 is 5.97 Å². The highest BCUT2D eigenvalue weighted by atomic mass is 32.1. The lowest BCUT2D eigenvalue weighted by Crippen LogP contribution is -2.22. The van der Waals surface area contributed by atoms with Crippen LogP contribution in [0.1, 0.15) is 50.5 Å². The molecule has 21 heavy (non-hydrogen) atoms. The highest BCUT2D eigenvalue weighted by molar-refractivity contribution is 7.11. The summed E-state index contributed by atoms with van der Waals surface area (Å²) in [7, 11) is 0. The first kappa shape index (κ1) is 15.1. The molecular formula is C14H15N3O3S. The number of rotatable bonds is 5. The summed E-state index contributed by atoms with van der Waals surface area (Å²) in [6.07, 6.45) is 0. The molecular weight excluding hydrogens is 290 g/mol. The monoisotopic (exact) mass is 305 g/mol. The Hall–Kier alpha value is -2.28. The van der Waals surface area contributed by atoms with Gasteiger partial charge in [-0.15, -0.1) is 10.2 Å². The van der Waals surface area contributed by atoms with Crippen LogP contribution in [0.4, 0.5) is 0 Å². The van der Waals surface area contributed by atoms with E-state index in [1.54, 1.807) is 0 Å². The zero-order valence-electron chi connectivity index (χ0n) is 11.7. The van der Waals surface area contributed by atoms with Crippen molar-refractivity contribution in [2.75, 3.05) is 0 Å². The number of carboxylic acid groups (broad SMARTS) is 1. The topological polar surface area (TPSA) is 92.2 Å². The molecule has 0 spiro atoms. The number of amides is 1. The molecule has 1 aromatic heterocycles. The van der Waals surface area contributed by atoms with Gasteiger partial charge in [-0.05, 0) is 24.3 Å². The second-order valence-electron chi connectivity index (χ2n) is 4.75. The molecule has 1 aromatic carbocycles. The van der Waals surface area contributed by atoms with Crippen molar-refractivity contribution in [2.24, 2.45) is 0 Å². The molecule has 0 radical (unpaired) electrons. The van der Waals surface area contributed by atoms with Crippen molar-refractivity contribution in [1.29, 1.82) is 0 Å². The lowest BCUT2D eigenvalue weighted by Gasteiger charge is -2.03. The normalized spacial score (nSPS) is 10.6. The zero-order valence-corrected chi connectivity index (χ0v) is 12.5. The van der Waals surface area contributed by atoms with Crippen molar-refractivity contribution < 1.29 is 14.7 Å². The van der Waals surface area contributed by atoms with Crippen LogP contribution in [0.25, 0.3) is 0 Å². The zero-order chi connectivity index (χ0) is 15.4. The maximum absolute atomic E-state index is 11.9. The highest BCUT2D eigenvalue weighted by Crippen LogP contribution is 2.18. The highest BCUT2D eigenvalue weighted by Gasteiger charge is 2.11. The summed E-state index contributed by atoms with van der Waals surface area (Å²) in [4.78, 5) is 22.7. The molecule has 0 aliphatic carbocycles. The quantitative estimate of drug-likeness (QED) is 0.884. The fraction of sp³-hybridized carbons (Fsp3) is 0.286. The van der Waals surface area contributed by atoms with Crippen LogP contribution in [0.15, 0.2) is 24.3 Å². The molecule has 0 saturated heterocycles. The van der Waals surface area contributed by atoms with Gasteiger partial charge in [0.25, 0.3) is 5.91 Å². The second-order valence-corrected chi connectivity index (χ2v) is 5.85. The van der Waals surface area contributed by atoms with Crippen LogP contribution >= 0.6 is 11.3 Å². The number of carboxylic acids is 1. The average Bonchev–Trinajstić information content (AvgIpc) is 2.94. The summed E-state index contributed by atoms with van der Waals surface area (Å²) in [5.41, 5.74) is 0.561. The SMILES string of the molecule is CC(C)c1nnc(CNC(=O)c2ccc(C(=O)O)cc2)s1. The Bertz CT molecular complexity index is 650. The molecule has 6 nitrogen and oxygen atoms in total. The molecule has 0 aliphatic heterocycles. The summed E-state index contributed by atoms with van der Waals surface area (Å²) in [6.45, 7) is 4.38. The molecule has 2 rings (SSSR count). The van der Waals surface area contributed by atoms with Crippen LogP contribution in [0, 0.1) is 0 Å². The van der Waals surface area contributed by atoms with Gasteiger partial charge in [0.2, 0.25) is 0 Å². The van der Waals surface area contributed by atoms with Crippen molar-refractivity contribution in [2.45, 2.75) is 26.3 Å². The maximum Gasteiger partial charge on any atom is 0.335 e. The van der Waals surface area contributed by atoms with E-state index in [9.17, 15) is 9.59 Å². The lowest BCUT2D eigenvalue weighted by atomic mass is 10.1. The van der Waals surface area contributed by atoms with Gasteiger partial charge in [0.1, 0.15) is 10.0 Å². The summed E-state index contributed by atoms with van der Waals surface area (Å²) in [5.74, 6) is -0.971. The summed E-state index contributed by atoms with van der Waals surface area (Å²) in [5, 5.41) is 21.3. The van der Waals surface area contributed by atoms with E-state index in [1.807, 2.05) is 13.8 Å². The number of aromatic nitrogens is 2. The lowest BCUT2D eigenvalue weighted by molar-refractivity contribution is 0.0696. The van der Waals surface area contributed by atoms with Gasteiger partial charge in [-0.2, -0.15) is 0 Å². The molecule has 1 heterocycles. The van der Waals surface area contributed by atoms with E-state index in [1.165, 1.54) is 35.6 Å². The molecule has 2 N–H and O–H groups in total. The Morgan fingerprint density at radius 1 is 1.19 bits per heavy atom. The average molecular weight is 305 g/mol. The summed E-state index contributed by atoms with van der Waals surface area (Å²) < 4.78 is 0. The van der Waals surface area contributed by atoms with E-state index in [-0.39, 0.29) is 11.5 Å². The van der Waals surface area contributed by atoms with Gasteiger partial charge in [-0.3, -0.25) is 4.79 Å². The minimum absolute atomic E-state index is 0.150. The fourth-order valence-electron chi connectivity index (χ4n) is 1.59. The molecule has 2 aromatic rings. The third-order valence-electron chi connectivity index (χ3n) is 2.77. The van der Waals surface area contributed by atoms with Gasteiger partial charge in [0.05, 0.1) is 12.1 Å². The van der Waals surface area contributed by atoms with Crippen LogP contribution in [-0.4, -0.2) is 27.2 Å². The van der Waals surface area contributed by atoms with Crippen LogP contribution in [0.5, 0.6) is 0 Å². The number of benzene rings is 1. The van der Waals surface area contributed by atoms with Crippen molar-refractivity contribution >= 4 is 23.2 Å². The third-order valence-corrected chi connectivity index (χ3v) is 3.99. The van der Waals surface area contributed by atoms with E-state index in [0.717, 1.165) is 10.0 Å². The van der Waals surface area contributed by atoms with Gasteiger partial charge in [0, 0.05) is 11.5 Å². The number of aromatic carboxylic acids is 1. The number of carbonyl (C=O) groups is 2. The van der Waals surface area contributed by atoms with Gasteiger partial charge >= 0.3 is 5.97 Å². The Kier molecular flexibility index (Phi) is 4.64. The summed E-state index contributed by atoms with van der Waals surface area (Å²) in [6, 6.07) is 5.77. The van der Waals surface area contributed by atoms with Crippen LogP contribution in [0.2, 0.25) is 0 Å². The van der Waals surface area contributed by atoms with Crippen LogP contribution in [0.3, 0.4) is 0 Å². The van der Waals surface area contributed by atoms with Crippen molar-refractivity contribution in [3.63, 3.8) is 0 Å². The molecule has 0 bridgehead atoms. The number of carbonyl (C=O) groups excluding carboxylic acids is 1. The van der Waals surface area contributed by atoms with Crippen molar-refractivity contribution in [3.05, 3.63) is 45.4 Å². The standard InChI is InChI=1S/C14H15N3O3S/c1-8(2)13-17-16-11(21-13)7-15-12(18)9-3-5-10(6-4-9)14(19)20/h3-6,8H,7H2,1-2H3,(H,15,18)(H,19,20). The minimum atomic E-state index is -1.02. The molecule has 0 unspecified atom stereocenters. The fourth-order valence-corrected chi connectivity index (χ4v) is 2.38. The Morgan fingerprint density at radius 3 is 2.33 bits per heavy atom. The van der Waals surface area contributed by atoms with Crippen LogP contribution in [-0.2, 0) is 6.54 Å². The Morgan fingerprint density at radius 2 is 1.81 bits per heavy atom. The molecule has 0 aliphatic rings. The van der Waals surface area contributed by atoms with Gasteiger partial charge in [-0.25, -0.2) is 4.79 Å². The maximum atomic E-state index is 11.9. The second kappa shape index (κ2) is 6.45. The van der Waals surface area contributed by atoms with Crippen molar-refractivity contribution in [3.8, 4) is 0 Å². The first-order chi connectivity index (χ1) is 9.97. The number of nitrogens with zero attached hydrogens (tertiary/aromatic N) is 2. The molecule has 0 fully saturated rings. The number of hydrogen-bond acceptors (Lipinski definition) is 5. The number of nitrogens with one attached hydrogen (secondary N) is 1. The van der Waals surface area contributed by atoms with E-state index in [0.29, 0.717) is 18.0 Å². The molecule has 1 amide bonds. The predicted octanol–water partition coefficient (Wildman–Crippen LogP) is 2.29.